The summed E-state index contributed by atoms with van der Waals surface area (Å²) in [5.74, 6) is 0.578. The maximum absolute atomic E-state index is 12.2. The average molecular weight is 288 g/mol. The summed E-state index contributed by atoms with van der Waals surface area (Å²) in [4.78, 5) is 33.5. The molecule has 2 aromatic rings. The van der Waals surface area contributed by atoms with Crippen LogP contribution in [0.15, 0.2) is 29.6 Å². The topological polar surface area (TPSA) is 99.0 Å². The third-order valence-electron chi connectivity index (χ3n) is 3.50. The lowest BCUT2D eigenvalue weighted by molar-refractivity contribution is 0.205. The zero-order chi connectivity index (χ0) is 14.8. The summed E-state index contributed by atoms with van der Waals surface area (Å²) >= 11 is 0. The van der Waals surface area contributed by atoms with Crippen LogP contribution in [0.5, 0.6) is 0 Å². The Morgan fingerprint density at radius 3 is 2.95 bits per heavy atom. The van der Waals surface area contributed by atoms with Gasteiger partial charge in [0.15, 0.2) is 0 Å². The van der Waals surface area contributed by atoms with Gasteiger partial charge in [-0.05, 0) is 6.42 Å². The first-order valence-corrected chi connectivity index (χ1v) is 6.73. The largest absolute Gasteiger partial charge is 0.351 e. The monoisotopic (exact) mass is 288 g/mol. The highest BCUT2D eigenvalue weighted by molar-refractivity contribution is 5.71. The molecule has 0 radical (unpaired) electrons. The van der Waals surface area contributed by atoms with Crippen molar-refractivity contribution in [2.75, 3.05) is 6.54 Å². The zero-order valence-electron chi connectivity index (χ0n) is 11.5. The van der Waals surface area contributed by atoms with E-state index in [1.807, 2.05) is 4.57 Å². The highest BCUT2D eigenvalue weighted by atomic mass is 16.2. The molecule has 0 unspecified atom stereocenters. The van der Waals surface area contributed by atoms with Crippen molar-refractivity contribution < 1.29 is 4.79 Å². The van der Waals surface area contributed by atoms with Gasteiger partial charge in [0.25, 0.3) is 5.56 Å². The lowest BCUT2D eigenvalue weighted by Gasteiger charge is -2.17. The second kappa shape index (κ2) is 5.39. The highest BCUT2D eigenvalue weighted by Gasteiger charge is 2.19. The van der Waals surface area contributed by atoms with Gasteiger partial charge in [0.2, 0.25) is 0 Å². The normalized spacial score (nSPS) is 14.6. The van der Waals surface area contributed by atoms with Crippen LogP contribution in [0.25, 0.3) is 0 Å². The molecule has 8 nitrogen and oxygen atoms in total. The van der Waals surface area contributed by atoms with Crippen LogP contribution in [0, 0.1) is 0 Å². The first kappa shape index (κ1) is 13.3. The molecule has 0 atom stereocenters. The number of hydrogen-bond acceptors (Lipinski definition) is 4. The first-order valence-electron chi connectivity index (χ1n) is 6.73. The maximum atomic E-state index is 12.2. The molecule has 0 fully saturated rings. The number of rotatable bonds is 2. The summed E-state index contributed by atoms with van der Waals surface area (Å²) in [5.41, 5.74) is 5.89. The number of primary amides is 1. The van der Waals surface area contributed by atoms with Gasteiger partial charge in [-0.2, -0.15) is 0 Å². The Bertz CT molecular complexity index is 706. The van der Waals surface area contributed by atoms with Crippen LogP contribution in [-0.2, 0) is 19.6 Å². The minimum absolute atomic E-state index is 0.0959. The van der Waals surface area contributed by atoms with E-state index in [9.17, 15) is 9.59 Å². The van der Waals surface area contributed by atoms with Gasteiger partial charge >= 0.3 is 6.03 Å². The summed E-state index contributed by atoms with van der Waals surface area (Å²) in [6.07, 6.45) is 5.84. The average Bonchev–Trinajstić information content (AvgIpc) is 2.83. The Hall–Kier alpha value is -2.64. The number of hydrogen-bond donors (Lipinski definition) is 1. The van der Waals surface area contributed by atoms with Crippen molar-refractivity contribution in [3.63, 3.8) is 0 Å². The molecule has 110 valence electrons. The first-order chi connectivity index (χ1) is 10.1. The van der Waals surface area contributed by atoms with Crippen molar-refractivity contribution in [2.45, 2.75) is 26.1 Å². The Morgan fingerprint density at radius 2 is 2.24 bits per heavy atom. The van der Waals surface area contributed by atoms with Gasteiger partial charge in [-0.25, -0.2) is 14.8 Å². The predicted molar refractivity (Wildman–Crippen MR) is 74.4 cm³/mol. The van der Waals surface area contributed by atoms with E-state index in [0.717, 1.165) is 0 Å². The van der Waals surface area contributed by atoms with E-state index in [-0.39, 0.29) is 12.1 Å². The van der Waals surface area contributed by atoms with Crippen molar-refractivity contribution >= 4 is 6.03 Å². The van der Waals surface area contributed by atoms with E-state index in [4.69, 9.17) is 5.73 Å². The van der Waals surface area contributed by atoms with E-state index < -0.39 is 6.03 Å². The van der Waals surface area contributed by atoms with E-state index >= 15 is 0 Å². The molecule has 0 aromatic carbocycles. The van der Waals surface area contributed by atoms with Crippen LogP contribution in [0.1, 0.15) is 17.9 Å². The van der Waals surface area contributed by atoms with Gasteiger partial charge in [-0.1, -0.05) is 0 Å². The number of urea groups is 1. The molecule has 8 heteroatoms. The fraction of sp³-hybridized carbons (Fsp3) is 0.385. The fourth-order valence-corrected chi connectivity index (χ4v) is 2.47. The van der Waals surface area contributed by atoms with Crippen molar-refractivity contribution in [3.05, 3.63) is 46.7 Å². The van der Waals surface area contributed by atoms with Gasteiger partial charge in [0.1, 0.15) is 5.82 Å². The van der Waals surface area contributed by atoms with E-state index in [1.165, 1.54) is 11.0 Å². The molecule has 1 aliphatic rings. The second-order valence-corrected chi connectivity index (χ2v) is 5.00. The number of nitrogens with zero attached hydrogens (tertiary/aromatic N) is 5. The number of carbonyl (C=O) groups is 1. The molecule has 0 saturated heterocycles. The number of imidazole rings is 1. The lowest BCUT2D eigenvalue weighted by Crippen LogP contribution is -2.36. The van der Waals surface area contributed by atoms with Crippen LogP contribution in [-0.4, -0.2) is 36.6 Å². The van der Waals surface area contributed by atoms with Gasteiger partial charge in [0.05, 0.1) is 25.1 Å². The number of aromatic nitrogens is 4. The summed E-state index contributed by atoms with van der Waals surface area (Å²) < 4.78 is 3.45. The molecule has 0 bridgehead atoms. The van der Waals surface area contributed by atoms with Crippen LogP contribution in [0.3, 0.4) is 0 Å². The Kier molecular flexibility index (Phi) is 3.43. The van der Waals surface area contributed by atoms with Crippen molar-refractivity contribution in [1.82, 2.24) is 24.0 Å². The Morgan fingerprint density at radius 1 is 1.38 bits per heavy atom. The third-order valence-corrected chi connectivity index (χ3v) is 3.50. The van der Waals surface area contributed by atoms with Crippen LogP contribution in [0.4, 0.5) is 4.79 Å². The second-order valence-electron chi connectivity index (χ2n) is 5.00. The highest BCUT2D eigenvalue weighted by Crippen LogP contribution is 2.09. The van der Waals surface area contributed by atoms with Crippen LogP contribution >= 0.6 is 0 Å². The fourth-order valence-electron chi connectivity index (χ4n) is 2.47. The van der Waals surface area contributed by atoms with Crippen molar-refractivity contribution in [3.8, 4) is 0 Å². The smallest absolute Gasteiger partial charge is 0.315 e. The van der Waals surface area contributed by atoms with Gasteiger partial charge in [-0.15, -0.1) is 0 Å². The number of nitrogens with two attached hydrogens (primary N) is 1. The third kappa shape index (κ3) is 2.78. The lowest BCUT2D eigenvalue weighted by atomic mass is 10.3. The zero-order valence-corrected chi connectivity index (χ0v) is 11.5. The van der Waals surface area contributed by atoms with Crippen LogP contribution < -0.4 is 11.3 Å². The molecule has 3 heterocycles. The van der Waals surface area contributed by atoms with E-state index in [2.05, 4.69) is 9.97 Å². The molecule has 2 N–H and O–H groups in total. The Balaban J connectivity index is 1.94. The molecule has 2 amide bonds. The number of carbonyl (C=O) groups excluding carboxylic acids is 1. The minimum atomic E-state index is -0.488. The summed E-state index contributed by atoms with van der Waals surface area (Å²) in [6, 6.07) is 1.04. The van der Waals surface area contributed by atoms with Gasteiger partial charge in [0, 0.05) is 31.5 Å². The SMILES string of the molecule is NC(=O)N1CCCn2c(nc(Cn3ccnc3)cc2=O)C1. The molecular weight excluding hydrogens is 272 g/mol. The van der Waals surface area contributed by atoms with Gasteiger partial charge in [-0.3, -0.25) is 9.36 Å². The van der Waals surface area contributed by atoms with Gasteiger partial charge < -0.3 is 15.2 Å². The molecule has 0 aliphatic carbocycles. The summed E-state index contributed by atoms with van der Waals surface area (Å²) in [7, 11) is 0. The summed E-state index contributed by atoms with van der Waals surface area (Å²) in [5, 5.41) is 0. The maximum Gasteiger partial charge on any atom is 0.315 e. The summed E-state index contributed by atoms with van der Waals surface area (Å²) in [6.45, 7) is 1.83. The van der Waals surface area contributed by atoms with Crippen LogP contribution in [0.2, 0.25) is 0 Å². The quantitative estimate of drug-likeness (QED) is 0.825. The van der Waals surface area contributed by atoms with Crippen molar-refractivity contribution in [2.24, 2.45) is 5.73 Å². The number of amides is 2. The number of fused-ring (bicyclic) bond motifs is 1. The molecule has 0 spiro atoms. The standard InChI is InChI=1S/C13H16N6O2/c14-13(21)18-3-1-4-19-11(8-18)16-10(6-12(19)20)7-17-5-2-15-9-17/h2,5-6,9H,1,3-4,7-8H2,(H2,14,21). The van der Waals surface area contributed by atoms with E-state index in [0.29, 0.717) is 37.6 Å². The Labute approximate surface area is 120 Å². The molecule has 0 saturated carbocycles. The molecule has 21 heavy (non-hydrogen) atoms. The van der Waals surface area contributed by atoms with E-state index in [1.54, 1.807) is 23.3 Å². The molecule has 1 aliphatic heterocycles. The molecule has 3 rings (SSSR count). The molecular formula is C13H16N6O2. The molecule has 2 aromatic heterocycles. The van der Waals surface area contributed by atoms with Crippen molar-refractivity contribution in [1.29, 1.82) is 0 Å². The minimum Gasteiger partial charge on any atom is -0.351 e. The predicted octanol–water partition coefficient (Wildman–Crippen LogP) is -0.228.